The maximum Gasteiger partial charge on any atom is 0.0999 e. The van der Waals surface area contributed by atoms with Crippen LogP contribution < -0.4 is 5.32 Å². The third-order valence-electron chi connectivity index (χ3n) is 3.89. The first-order valence-corrected chi connectivity index (χ1v) is 7.38. The van der Waals surface area contributed by atoms with Gasteiger partial charge in [0.15, 0.2) is 0 Å². The second kappa shape index (κ2) is 6.74. The molecule has 3 rings (SSSR count). The summed E-state index contributed by atoms with van der Waals surface area (Å²) in [4.78, 5) is 0. The number of benzene rings is 2. The zero-order valence-electron chi connectivity index (χ0n) is 12.3. The summed E-state index contributed by atoms with van der Waals surface area (Å²) in [5.41, 5.74) is 5.00. The Hall–Kier alpha value is -1.84. The molecule has 2 aromatic rings. The van der Waals surface area contributed by atoms with Crippen LogP contribution in [0.5, 0.6) is 0 Å². The van der Waals surface area contributed by atoms with E-state index >= 15 is 0 Å². The molecular weight excluding hydrogens is 262 g/mol. The van der Waals surface area contributed by atoms with Crippen LogP contribution in [0.2, 0.25) is 0 Å². The number of fused-ring (bicyclic) bond motifs is 1. The molecule has 0 bridgehead atoms. The van der Waals surface area contributed by atoms with Crippen LogP contribution in [0.1, 0.15) is 22.8 Å². The van der Waals surface area contributed by atoms with E-state index in [1.54, 1.807) is 7.11 Å². The van der Waals surface area contributed by atoms with Gasteiger partial charge in [-0.15, -0.1) is 0 Å². The van der Waals surface area contributed by atoms with Gasteiger partial charge in [-0.1, -0.05) is 42.5 Å². The standard InChI is InChI=1S/C18H21NO2/c1-20-13-15-7-3-5-9-17(15)19-12-18-16-8-4-2-6-14(16)10-11-21-18/h2-9,18-19H,10-13H2,1H3. The Morgan fingerprint density at radius 1 is 1.14 bits per heavy atom. The molecular formula is C18H21NO2. The molecule has 0 aromatic heterocycles. The molecule has 1 unspecified atom stereocenters. The molecule has 0 fully saturated rings. The Labute approximate surface area is 125 Å². The van der Waals surface area contributed by atoms with Crippen molar-refractivity contribution < 1.29 is 9.47 Å². The first-order chi connectivity index (χ1) is 10.4. The highest BCUT2D eigenvalue weighted by Crippen LogP contribution is 2.27. The highest BCUT2D eigenvalue weighted by Gasteiger charge is 2.20. The Morgan fingerprint density at radius 2 is 1.95 bits per heavy atom. The van der Waals surface area contributed by atoms with Crippen molar-refractivity contribution in [2.75, 3.05) is 25.6 Å². The van der Waals surface area contributed by atoms with Gasteiger partial charge in [0.2, 0.25) is 0 Å². The SMILES string of the molecule is COCc1ccccc1NCC1OCCc2ccccc21. The van der Waals surface area contributed by atoms with Crippen molar-refractivity contribution in [3.63, 3.8) is 0 Å². The maximum absolute atomic E-state index is 5.93. The van der Waals surface area contributed by atoms with Gasteiger partial charge in [0.25, 0.3) is 0 Å². The lowest BCUT2D eigenvalue weighted by molar-refractivity contribution is 0.0513. The number of ether oxygens (including phenoxy) is 2. The van der Waals surface area contributed by atoms with E-state index in [0.29, 0.717) is 6.61 Å². The molecule has 1 heterocycles. The summed E-state index contributed by atoms with van der Waals surface area (Å²) < 4.78 is 11.2. The molecule has 0 saturated carbocycles. The smallest absolute Gasteiger partial charge is 0.0999 e. The van der Waals surface area contributed by atoms with Crippen molar-refractivity contribution in [1.29, 1.82) is 0 Å². The first kappa shape index (κ1) is 14.1. The average Bonchev–Trinajstić information content (AvgIpc) is 2.54. The fraction of sp³-hybridized carbons (Fsp3) is 0.333. The number of hydrogen-bond acceptors (Lipinski definition) is 3. The lowest BCUT2D eigenvalue weighted by Crippen LogP contribution is -2.23. The summed E-state index contributed by atoms with van der Waals surface area (Å²) in [5, 5.41) is 3.50. The van der Waals surface area contributed by atoms with Crippen LogP contribution >= 0.6 is 0 Å². The molecule has 21 heavy (non-hydrogen) atoms. The second-order valence-electron chi connectivity index (χ2n) is 5.28. The van der Waals surface area contributed by atoms with Gasteiger partial charge in [0.05, 0.1) is 19.3 Å². The highest BCUT2D eigenvalue weighted by atomic mass is 16.5. The molecule has 2 aromatic carbocycles. The molecule has 1 aliphatic rings. The Kier molecular flexibility index (Phi) is 4.53. The van der Waals surface area contributed by atoms with Crippen LogP contribution in [0.4, 0.5) is 5.69 Å². The van der Waals surface area contributed by atoms with E-state index in [-0.39, 0.29) is 6.10 Å². The second-order valence-corrected chi connectivity index (χ2v) is 5.28. The van der Waals surface area contributed by atoms with E-state index in [1.165, 1.54) is 16.7 Å². The number of para-hydroxylation sites is 1. The van der Waals surface area contributed by atoms with Gasteiger partial charge in [0, 0.05) is 24.9 Å². The van der Waals surface area contributed by atoms with Gasteiger partial charge < -0.3 is 14.8 Å². The first-order valence-electron chi connectivity index (χ1n) is 7.38. The number of nitrogens with one attached hydrogen (secondary N) is 1. The molecule has 1 aliphatic heterocycles. The molecule has 110 valence electrons. The quantitative estimate of drug-likeness (QED) is 0.910. The van der Waals surface area contributed by atoms with Crippen LogP contribution in [-0.4, -0.2) is 20.3 Å². The molecule has 0 amide bonds. The molecule has 3 nitrogen and oxygen atoms in total. The Balaban J connectivity index is 1.72. The molecule has 0 radical (unpaired) electrons. The van der Waals surface area contributed by atoms with Gasteiger partial charge >= 0.3 is 0 Å². The lowest BCUT2D eigenvalue weighted by Gasteiger charge is -2.27. The molecule has 0 saturated heterocycles. The topological polar surface area (TPSA) is 30.5 Å². The van der Waals surface area contributed by atoms with E-state index in [0.717, 1.165) is 25.3 Å². The predicted octanol–water partition coefficient (Wildman–Crippen LogP) is 3.56. The largest absolute Gasteiger partial charge is 0.382 e. The summed E-state index contributed by atoms with van der Waals surface area (Å²) in [6.45, 7) is 2.19. The van der Waals surface area contributed by atoms with Crippen molar-refractivity contribution >= 4 is 5.69 Å². The van der Waals surface area contributed by atoms with E-state index in [4.69, 9.17) is 9.47 Å². The Bertz CT molecular complexity index is 597. The summed E-state index contributed by atoms with van der Waals surface area (Å²) in [6.07, 6.45) is 1.12. The minimum Gasteiger partial charge on any atom is -0.382 e. The fourth-order valence-electron chi connectivity index (χ4n) is 2.82. The van der Waals surface area contributed by atoms with Gasteiger partial charge in [-0.3, -0.25) is 0 Å². The summed E-state index contributed by atoms with van der Waals surface area (Å²) >= 11 is 0. The minimum atomic E-state index is 0.116. The predicted molar refractivity (Wildman–Crippen MR) is 84.5 cm³/mol. The molecule has 3 heteroatoms. The Morgan fingerprint density at radius 3 is 2.86 bits per heavy atom. The molecule has 0 spiro atoms. The third-order valence-corrected chi connectivity index (χ3v) is 3.89. The monoisotopic (exact) mass is 283 g/mol. The van der Waals surface area contributed by atoms with Gasteiger partial charge in [-0.05, 0) is 23.6 Å². The molecule has 1 N–H and O–H groups in total. The van der Waals surface area contributed by atoms with Crippen LogP contribution in [0.15, 0.2) is 48.5 Å². The third kappa shape index (κ3) is 3.26. The zero-order chi connectivity index (χ0) is 14.5. The minimum absolute atomic E-state index is 0.116. The van der Waals surface area contributed by atoms with Gasteiger partial charge in [-0.2, -0.15) is 0 Å². The number of methoxy groups -OCH3 is 1. The van der Waals surface area contributed by atoms with E-state index in [2.05, 4.69) is 41.7 Å². The maximum atomic E-state index is 5.93. The summed E-state index contributed by atoms with van der Waals surface area (Å²) in [5.74, 6) is 0. The van der Waals surface area contributed by atoms with Gasteiger partial charge in [-0.25, -0.2) is 0 Å². The van der Waals surface area contributed by atoms with Crippen molar-refractivity contribution in [2.45, 2.75) is 19.1 Å². The van der Waals surface area contributed by atoms with Crippen molar-refractivity contribution in [3.05, 3.63) is 65.2 Å². The van der Waals surface area contributed by atoms with E-state index in [9.17, 15) is 0 Å². The van der Waals surface area contributed by atoms with Crippen molar-refractivity contribution in [3.8, 4) is 0 Å². The van der Waals surface area contributed by atoms with Crippen molar-refractivity contribution in [1.82, 2.24) is 0 Å². The van der Waals surface area contributed by atoms with E-state index < -0.39 is 0 Å². The molecule has 0 aliphatic carbocycles. The van der Waals surface area contributed by atoms with Crippen LogP contribution in [0.3, 0.4) is 0 Å². The van der Waals surface area contributed by atoms with Gasteiger partial charge in [0.1, 0.15) is 0 Å². The number of hydrogen-bond donors (Lipinski definition) is 1. The highest BCUT2D eigenvalue weighted by molar-refractivity contribution is 5.51. The van der Waals surface area contributed by atoms with Crippen molar-refractivity contribution in [2.24, 2.45) is 0 Å². The molecule has 1 atom stereocenters. The van der Waals surface area contributed by atoms with Crippen LogP contribution in [0, 0.1) is 0 Å². The normalized spacial score (nSPS) is 17.3. The number of anilines is 1. The fourth-order valence-corrected chi connectivity index (χ4v) is 2.82. The average molecular weight is 283 g/mol. The number of rotatable bonds is 5. The zero-order valence-corrected chi connectivity index (χ0v) is 12.3. The summed E-state index contributed by atoms with van der Waals surface area (Å²) in [7, 11) is 1.72. The summed E-state index contributed by atoms with van der Waals surface area (Å²) in [6, 6.07) is 16.8. The lowest BCUT2D eigenvalue weighted by atomic mass is 9.97. The van der Waals surface area contributed by atoms with Crippen LogP contribution in [-0.2, 0) is 22.5 Å². The van der Waals surface area contributed by atoms with E-state index in [1.807, 2.05) is 12.1 Å². The van der Waals surface area contributed by atoms with Crippen LogP contribution in [0.25, 0.3) is 0 Å².